The zero-order valence-corrected chi connectivity index (χ0v) is 21.5. The van der Waals surface area contributed by atoms with E-state index in [0.29, 0.717) is 17.9 Å². The SMILES string of the molecule is CCCCCCCCCCCCN1C(=O)C(=O)C(=C(O)c2ccc(OC)cc2)[C@@H]1c1ccccc1F. The lowest BCUT2D eigenvalue weighted by atomic mass is 9.94. The number of hydrogen-bond acceptors (Lipinski definition) is 4. The summed E-state index contributed by atoms with van der Waals surface area (Å²) in [7, 11) is 1.53. The van der Waals surface area contributed by atoms with Crippen LogP contribution in [0.2, 0.25) is 0 Å². The number of Topliss-reactive ketones (excluding diaryl/α,β-unsaturated/α-hetero) is 1. The minimum atomic E-state index is -0.966. The maximum Gasteiger partial charge on any atom is 0.295 e. The molecule has 36 heavy (non-hydrogen) atoms. The summed E-state index contributed by atoms with van der Waals surface area (Å²) >= 11 is 0. The Bertz CT molecular complexity index is 1050. The summed E-state index contributed by atoms with van der Waals surface area (Å²) in [5, 5.41) is 11.1. The molecule has 1 aliphatic heterocycles. The number of ether oxygens (including phenoxy) is 1. The van der Waals surface area contributed by atoms with Crippen LogP contribution in [0.1, 0.15) is 88.3 Å². The number of likely N-dealkylation sites (tertiary alicyclic amines) is 1. The summed E-state index contributed by atoms with van der Waals surface area (Å²) in [5.74, 6) is -1.72. The van der Waals surface area contributed by atoms with Gasteiger partial charge in [0.15, 0.2) is 0 Å². The molecule has 1 N–H and O–H groups in total. The lowest BCUT2D eigenvalue weighted by Crippen LogP contribution is -2.31. The standard InChI is InChI=1S/C30H38FNO4/c1-3-4-5-6-7-8-9-10-11-14-21-32-27(24-15-12-13-16-25(24)31)26(29(34)30(32)35)28(33)22-17-19-23(36-2)20-18-22/h12-13,15-20,27,33H,3-11,14,21H2,1-2H3/t27-/m0/s1. The maximum absolute atomic E-state index is 14.9. The van der Waals surface area contributed by atoms with E-state index in [9.17, 15) is 19.1 Å². The Morgan fingerprint density at radius 1 is 0.889 bits per heavy atom. The number of ketones is 1. The van der Waals surface area contributed by atoms with Gasteiger partial charge in [-0.25, -0.2) is 4.39 Å². The zero-order valence-electron chi connectivity index (χ0n) is 21.5. The van der Waals surface area contributed by atoms with Gasteiger partial charge < -0.3 is 14.7 Å². The van der Waals surface area contributed by atoms with Crippen LogP contribution in [0, 0.1) is 5.82 Å². The number of unbranched alkanes of at least 4 members (excludes halogenated alkanes) is 9. The molecule has 0 radical (unpaired) electrons. The number of aliphatic hydroxyl groups is 1. The van der Waals surface area contributed by atoms with Crippen LogP contribution in [0.25, 0.3) is 5.76 Å². The van der Waals surface area contributed by atoms with Gasteiger partial charge in [-0.15, -0.1) is 0 Å². The van der Waals surface area contributed by atoms with Crippen LogP contribution in [0.5, 0.6) is 5.75 Å². The van der Waals surface area contributed by atoms with E-state index in [1.165, 1.54) is 56.6 Å². The van der Waals surface area contributed by atoms with Crippen LogP contribution < -0.4 is 4.74 Å². The van der Waals surface area contributed by atoms with Crippen molar-refractivity contribution in [3.63, 3.8) is 0 Å². The molecule has 194 valence electrons. The molecule has 3 rings (SSSR count). The molecular weight excluding hydrogens is 457 g/mol. The zero-order chi connectivity index (χ0) is 25.9. The van der Waals surface area contributed by atoms with E-state index in [1.54, 1.807) is 42.5 Å². The molecule has 0 aliphatic carbocycles. The Morgan fingerprint density at radius 3 is 2.06 bits per heavy atom. The number of nitrogens with zero attached hydrogens (tertiary/aromatic N) is 1. The number of rotatable bonds is 14. The first-order chi connectivity index (χ1) is 17.5. The summed E-state index contributed by atoms with van der Waals surface area (Å²) in [5.41, 5.74) is 0.496. The van der Waals surface area contributed by atoms with E-state index < -0.39 is 23.5 Å². The monoisotopic (exact) mass is 495 g/mol. The van der Waals surface area contributed by atoms with E-state index in [1.807, 2.05) is 0 Å². The Kier molecular flexibility index (Phi) is 10.5. The number of hydrogen-bond donors (Lipinski definition) is 1. The van der Waals surface area contributed by atoms with E-state index in [0.717, 1.165) is 25.7 Å². The Balaban J connectivity index is 1.74. The van der Waals surface area contributed by atoms with Crippen molar-refractivity contribution in [1.82, 2.24) is 4.90 Å². The Labute approximate surface area is 214 Å². The largest absolute Gasteiger partial charge is 0.507 e. The molecule has 1 aliphatic rings. The first-order valence-electron chi connectivity index (χ1n) is 13.2. The summed E-state index contributed by atoms with van der Waals surface area (Å²) in [6.45, 7) is 2.55. The predicted molar refractivity (Wildman–Crippen MR) is 140 cm³/mol. The minimum Gasteiger partial charge on any atom is -0.507 e. The average Bonchev–Trinajstić information content (AvgIpc) is 3.14. The van der Waals surface area contributed by atoms with Crippen LogP contribution in [-0.4, -0.2) is 35.4 Å². The van der Waals surface area contributed by atoms with Gasteiger partial charge in [0.05, 0.1) is 18.7 Å². The first kappa shape index (κ1) is 27.4. The summed E-state index contributed by atoms with van der Waals surface area (Å²) in [6, 6.07) is 11.7. The lowest BCUT2D eigenvalue weighted by Gasteiger charge is -2.25. The van der Waals surface area contributed by atoms with Crippen molar-refractivity contribution in [2.24, 2.45) is 0 Å². The molecule has 0 aromatic heterocycles. The quantitative estimate of drug-likeness (QED) is 0.130. The number of amides is 1. The van der Waals surface area contributed by atoms with Gasteiger partial charge in [0, 0.05) is 17.7 Å². The fourth-order valence-corrected chi connectivity index (χ4v) is 4.80. The number of carbonyl (C=O) groups is 2. The number of benzene rings is 2. The van der Waals surface area contributed by atoms with Gasteiger partial charge in [0.25, 0.3) is 11.7 Å². The fourth-order valence-electron chi connectivity index (χ4n) is 4.80. The fraction of sp³-hybridized carbons (Fsp3) is 0.467. The summed E-state index contributed by atoms with van der Waals surface area (Å²) < 4.78 is 20.0. The third-order valence-electron chi connectivity index (χ3n) is 6.86. The van der Waals surface area contributed by atoms with Crippen LogP contribution in [0.15, 0.2) is 54.1 Å². The van der Waals surface area contributed by atoms with Gasteiger partial charge >= 0.3 is 0 Å². The van der Waals surface area contributed by atoms with Gasteiger partial charge in [0.2, 0.25) is 0 Å². The molecule has 1 saturated heterocycles. The van der Waals surface area contributed by atoms with Gasteiger partial charge in [-0.2, -0.15) is 0 Å². The van der Waals surface area contributed by atoms with Crippen molar-refractivity contribution in [3.05, 3.63) is 71.0 Å². The van der Waals surface area contributed by atoms with Crippen molar-refractivity contribution in [1.29, 1.82) is 0 Å². The highest BCUT2D eigenvalue weighted by molar-refractivity contribution is 6.46. The van der Waals surface area contributed by atoms with Crippen molar-refractivity contribution in [2.75, 3.05) is 13.7 Å². The molecule has 0 bridgehead atoms. The number of methoxy groups -OCH3 is 1. The summed E-state index contributed by atoms with van der Waals surface area (Å²) in [6.07, 6.45) is 11.5. The second-order valence-corrected chi connectivity index (χ2v) is 9.42. The highest BCUT2D eigenvalue weighted by Gasteiger charge is 2.46. The van der Waals surface area contributed by atoms with Gasteiger partial charge in [-0.1, -0.05) is 82.9 Å². The lowest BCUT2D eigenvalue weighted by molar-refractivity contribution is -0.140. The predicted octanol–water partition coefficient (Wildman–Crippen LogP) is 7.18. The smallest absolute Gasteiger partial charge is 0.295 e. The minimum absolute atomic E-state index is 0.0812. The normalized spacial score (nSPS) is 17.1. The van der Waals surface area contributed by atoms with E-state index in [2.05, 4.69) is 6.92 Å². The van der Waals surface area contributed by atoms with Crippen LogP contribution >= 0.6 is 0 Å². The second-order valence-electron chi connectivity index (χ2n) is 9.42. The summed E-state index contributed by atoms with van der Waals surface area (Å²) in [4.78, 5) is 27.5. The second kappa shape index (κ2) is 13.8. The molecule has 2 aromatic rings. The average molecular weight is 496 g/mol. The van der Waals surface area contributed by atoms with Gasteiger partial charge in [0.1, 0.15) is 17.3 Å². The van der Waals surface area contributed by atoms with Gasteiger partial charge in [-0.3, -0.25) is 9.59 Å². The third kappa shape index (κ3) is 6.74. The van der Waals surface area contributed by atoms with Crippen molar-refractivity contribution in [3.8, 4) is 5.75 Å². The molecule has 0 unspecified atom stereocenters. The Hall–Kier alpha value is -3.15. The topological polar surface area (TPSA) is 66.8 Å². The van der Waals surface area contributed by atoms with Crippen LogP contribution in [0.3, 0.4) is 0 Å². The molecule has 1 heterocycles. The van der Waals surface area contributed by atoms with Crippen molar-refractivity contribution < 1.29 is 23.8 Å². The maximum atomic E-state index is 14.9. The van der Waals surface area contributed by atoms with Crippen molar-refractivity contribution >= 4 is 17.4 Å². The highest BCUT2D eigenvalue weighted by atomic mass is 19.1. The highest BCUT2D eigenvalue weighted by Crippen LogP contribution is 2.40. The molecule has 1 fully saturated rings. The molecular formula is C30H38FNO4. The van der Waals surface area contributed by atoms with Gasteiger partial charge in [-0.05, 0) is 36.8 Å². The molecule has 6 heteroatoms. The van der Waals surface area contributed by atoms with Crippen LogP contribution in [0.4, 0.5) is 4.39 Å². The van der Waals surface area contributed by atoms with E-state index in [4.69, 9.17) is 4.74 Å². The Morgan fingerprint density at radius 2 is 1.47 bits per heavy atom. The molecule has 2 aromatic carbocycles. The van der Waals surface area contributed by atoms with E-state index >= 15 is 0 Å². The number of halogens is 1. The molecule has 1 atom stereocenters. The van der Waals surface area contributed by atoms with Crippen LogP contribution in [-0.2, 0) is 9.59 Å². The number of aliphatic hydroxyl groups excluding tert-OH is 1. The van der Waals surface area contributed by atoms with Crippen molar-refractivity contribution in [2.45, 2.75) is 77.2 Å². The molecule has 5 nitrogen and oxygen atoms in total. The number of carbonyl (C=O) groups excluding carboxylic acids is 2. The third-order valence-corrected chi connectivity index (χ3v) is 6.86. The molecule has 0 spiro atoms. The van der Waals surface area contributed by atoms with E-state index in [-0.39, 0.29) is 16.9 Å². The first-order valence-corrected chi connectivity index (χ1v) is 13.2. The molecule has 1 amide bonds. The molecule has 0 saturated carbocycles.